The number of rotatable bonds is 8. The molecule has 3 N–H and O–H groups in total. The molecule has 10 nitrogen and oxygen atoms in total. The Balaban J connectivity index is 1.87. The van der Waals surface area contributed by atoms with Crippen LogP contribution < -0.4 is 16.6 Å². The molecule has 1 fully saturated rings. The van der Waals surface area contributed by atoms with E-state index in [-0.39, 0.29) is 37.3 Å². The molecule has 3 atom stereocenters. The number of aliphatic hydroxyl groups excluding tert-OH is 2. The lowest BCUT2D eigenvalue weighted by Crippen LogP contribution is -2.40. The van der Waals surface area contributed by atoms with Crippen molar-refractivity contribution in [2.75, 3.05) is 19.0 Å². The zero-order valence-electron chi connectivity index (χ0n) is 18.8. The summed E-state index contributed by atoms with van der Waals surface area (Å²) in [4.78, 5) is 30.9. The Morgan fingerprint density at radius 2 is 2.06 bits per heavy atom. The number of anilines is 1. The van der Waals surface area contributed by atoms with Gasteiger partial charge in [-0.1, -0.05) is 6.08 Å². The van der Waals surface area contributed by atoms with Gasteiger partial charge in [0.1, 0.15) is 5.76 Å². The third kappa shape index (κ3) is 4.41. The molecular weight excluding hydrogens is 494 g/mol. The van der Waals surface area contributed by atoms with Gasteiger partial charge in [0.15, 0.2) is 11.2 Å². The maximum Gasteiger partial charge on any atom is 0.332 e. The summed E-state index contributed by atoms with van der Waals surface area (Å²) in [6, 6.07) is -0.180. The molecule has 2 aliphatic rings. The second-order valence-electron chi connectivity index (χ2n) is 8.46. The molecule has 2 aromatic heterocycles. The van der Waals surface area contributed by atoms with Gasteiger partial charge in [0.25, 0.3) is 5.56 Å². The number of methoxy groups -OCH3 is 1. The summed E-state index contributed by atoms with van der Waals surface area (Å²) in [5, 5.41) is 23.2. The van der Waals surface area contributed by atoms with Crippen LogP contribution in [0, 0.1) is 5.92 Å². The van der Waals surface area contributed by atoms with E-state index in [0.29, 0.717) is 30.9 Å². The van der Waals surface area contributed by atoms with E-state index in [9.17, 15) is 19.8 Å². The van der Waals surface area contributed by atoms with Crippen molar-refractivity contribution in [3.63, 3.8) is 0 Å². The second kappa shape index (κ2) is 9.86. The van der Waals surface area contributed by atoms with Crippen LogP contribution in [0.4, 0.5) is 5.95 Å². The lowest BCUT2D eigenvalue weighted by atomic mass is 10.00. The number of nitrogens with zero attached hydrogens (tertiary/aromatic N) is 4. The number of aromatic nitrogens is 4. The van der Waals surface area contributed by atoms with Crippen molar-refractivity contribution in [1.29, 1.82) is 0 Å². The fourth-order valence-electron chi connectivity index (χ4n) is 4.69. The van der Waals surface area contributed by atoms with Crippen LogP contribution >= 0.6 is 15.9 Å². The molecule has 2 aliphatic carbocycles. The smallest absolute Gasteiger partial charge is 0.332 e. The number of hydrogen-bond acceptors (Lipinski definition) is 7. The average molecular weight is 524 g/mol. The SMILES string of the molecule is CCn1c(=O)c2c(nc(N[C@@H]3CCC[C@H]3O)n2CC2C=C(Br)C(OC)=CC2)n(CCO)c1=O. The van der Waals surface area contributed by atoms with Crippen LogP contribution in [-0.2, 0) is 24.4 Å². The topological polar surface area (TPSA) is 124 Å². The Labute approximate surface area is 199 Å². The van der Waals surface area contributed by atoms with Crippen molar-refractivity contribution in [2.45, 2.75) is 64.4 Å². The third-order valence-electron chi connectivity index (χ3n) is 6.41. The van der Waals surface area contributed by atoms with Gasteiger partial charge in [-0.25, -0.2) is 4.79 Å². The highest BCUT2D eigenvalue weighted by atomic mass is 79.9. The van der Waals surface area contributed by atoms with E-state index in [1.54, 1.807) is 14.0 Å². The summed E-state index contributed by atoms with van der Waals surface area (Å²) in [5.74, 6) is 1.26. The minimum absolute atomic E-state index is 0.0347. The van der Waals surface area contributed by atoms with Crippen LogP contribution in [0.25, 0.3) is 11.2 Å². The summed E-state index contributed by atoms with van der Waals surface area (Å²) >= 11 is 3.54. The molecule has 11 heteroatoms. The zero-order chi connectivity index (χ0) is 23.7. The summed E-state index contributed by atoms with van der Waals surface area (Å²) < 4.78 is 10.5. The van der Waals surface area contributed by atoms with Gasteiger partial charge in [0, 0.05) is 13.1 Å². The molecule has 0 saturated heterocycles. The number of allylic oxidation sites excluding steroid dienone is 3. The highest BCUT2D eigenvalue weighted by Gasteiger charge is 2.29. The van der Waals surface area contributed by atoms with E-state index < -0.39 is 17.4 Å². The fraction of sp³-hybridized carbons (Fsp3) is 0.591. The Morgan fingerprint density at radius 3 is 2.67 bits per heavy atom. The highest BCUT2D eigenvalue weighted by molar-refractivity contribution is 9.11. The second-order valence-corrected chi connectivity index (χ2v) is 9.31. The van der Waals surface area contributed by atoms with Crippen LogP contribution in [0.5, 0.6) is 0 Å². The number of ether oxygens (including phenoxy) is 1. The number of halogens is 1. The molecule has 0 bridgehead atoms. The van der Waals surface area contributed by atoms with E-state index in [1.807, 2.05) is 16.7 Å². The van der Waals surface area contributed by atoms with Crippen molar-refractivity contribution in [1.82, 2.24) is 18.7 Å². The number of aliphatic hydroxyl groups is 2. The van der Waals surface area contributed by atoms with Crippen molar-refractivity contribution in [3.05, 3.63) is 43.2 Å². The third-order valence-corrected chi connectivity index (χ3v) is 7.06. The maximum atomic E-state index is 13.4. The van der Waals surface area contributed by atoms with E-state index in [1.165, 1.54) is 9.13 Å². The predicted molar refractivity (Wildman–Crippen MR) is 128 cm³/mol. The van der Waals surface area contributed by atoms with Gasteiger partial charge >= 0.3 is 5.69 Å². The minimum Gasteiger partial charge on any atom is -0.496 e. The first kappa shape index (κ1) is 23.8. The quantitative estimate of drug-likeness (QED) is 0.479. The van der Waals surface area contributed by atoms with Crippen LogP contribution in [0.2, 0.25) is 0 Å². The van der Waals surface area contributed by atoms with Gasteiger partial charge < -0.3 is 24.8 Å². The molecule has 0 spiro atoms. The molecular formula is C22H30BrN5O5. The molecule has 2 heterocycles. The first-order valence-corrected chi connectivity index (χ1v) is 12.1. The normalized spacial score (nSPS) is 23.0. The van der Waals surface area contributed by atoms with E-state index in [0.717, 1.165) is 23.1 Å². The molecule has 180 valence electrons. The average Bonchev–Trinajstić information content (AvgIpc) is 3.35. The molecule has 33 heavy (non-hydrogen) atoms. The van der Waals surface area contributed by atoms with E-state index in [2.05, 4.69) is 26.2 Å². The van der Waals surface area contributed by atoms with Crippen LogP contribution in [0.3, 0.4) is 0 Å². The molecule has 0 aliphatic heterocycles. The molecule has 0 amide bonds. The molecule has 0 aromatic carbocycles. The van der Waals surface area contributed by atoms with Crippen LogP contribution in [0.15, 0.2) is 32.0 Å². The number of fused-ring (bicyclic) bond motifs is 1. The lowest BCUT2D eigenvalue weighted by Gasteiger charge is -2.22. The number of hydrogen-bond donors (Lipinski definition) is 3. The minimum atomic E-state index is -0.499. The predicted octanol–water partition coefficient (Wildman–Crippen LogP) is 1.53. The van der Waals surface area contributed by atoms with Gasteiger partial charge in [0.2, 0.25) is 5.95 Å². The molecule has 2 aromatic rings. The Morgan fingerprint density at radius 1 is 1.27 bits per heavy atom. The van der Waals surface area contributed by atoms with Gasteiger partial charge in [-0.2, -0.15) is 4.98 Å². The van der Waals surface area contributed by atoms with Crippen LogP contribution in [0.1, 0.15) is 32.6 Å². The van der Waals surface area contributed by atoms with Gasteiger partial charge in [-0.3, -0.25) is 13.9 Å². The molecule has 4 rings (SSSR count). The Kier molecular flexibility index (Phi) is 7.10. The fourth-order valence-corrected chi connectivity index (χ4v) is 5.39. The molecule has 1 saturated carbocycles. The highest BCUT2D eigenvalue weighted by Crippen LogP contribution is 2.31. The first-order valence-electron chi connectivity index (χ1n) is 11.3. The summed E-state index contributed by atoms with van der Waals surface area (Å²) in [6.07, 6.45) is 6.65. The maximum absolute atomic E-state index is 13.4. The summed E-state index contributed by atoms with van der Waals surface area (Å²) in [5.41, 5.74) is -0.350. The van der Waals surface area contributed by atoms with Gasteiger partial charge in [-0.15, -0.1) is 0 Å². The van der Waals surface area contributed by atoms with Crippen molar-refractivity contribution in [3.8, 4) is 0 Å². The monoisotopic (exact) mass is 523 g/mol. The number of nitrogens with one attached hydrogen (secondary N) is 1. The van der Waals surface area contributed by atoms with Crippen LogP contribution in [-0.4, -0.2) is 54.8 Å². The summed E-state index contributed by atoms with van der Waals surface area (Å²) in [6.45, 7) is 2.18. The van der Waals surface area contributed by atoms with Gasteiger partial charge in [-0.05, 0) is 60.5 Å². The van der Waals surface area contributed by atoms with Crippen molar-refractivity contribution >= 4 is 33.0 Å². The Hall–Kier alpha value is -2.37. The molecule has 1 unspecified atom stereocenters. The molecule has 0 radical (unpaired) electrons. The number of imidazole rings is 1. The van der Waals surface area contributed by atoms with E-state index >= 15 is 0 Å². The van der Waals surface area contributed by atoms with E-state index in [4.69, 9.17) is 4.74 Å². The zero-order valence-corrected chi connectivity index (χ0v) is 20.4. The Bertz CT molecular complexity index is 1210. The van der Waals surface area contributed by atoms with Crippen molar-refractivity contribution < 1.29 is 14.9 Å². The summed E-state index contributed by atoms with van der Waals surface area (Å²) in [7, 11) is 1.62. The lowest BCUT2D eigenvalue weighted by molar-refractivity contribution is 0.171. The van der Waals surface area contributed by atoms with Gasteiger partial charge in [0.05, 0.1) is 36.9 Å². The van der Waals surface area contributed by atoms with Crippen molar-refractivity contribution in [2.24, 2.45) is 5.92 Å². The first-order chi connectivity index (χ1) is 15.9. The standard InChI is InChI=1S/C22H30BrN5O5/c1-3-26-20(31)18-19(27(9-10-29)22(26)32)25-21(24-15-5-4-6-16(15)30)28(18)12-13-7-8-17(33-2)14(23)11-13/h8,11,13,15-16,29-30H,3-7,9-10,12H2,1-2H3,(H,24,25)/t13?,15-,16-/m1/s1. The largest absolute Gasteiger partial charge is 0.496 e.